The van der Waals surface area contributed by atoms with Crippen molar-refractivity contribution >= 4 is 29.0 Å². The summed E-state index contributed by atoms with van der Waals surface area (Å²) in [7, 11) is 0. The summed E-state index contributed by atoms with van der Waals surface area (Å²) >= 11 is 11.8. The highest BCUT2D eigenvalue weighted by atomic mass is 35.5. The maximum absolute atomic E-state index is 12.7. The minimum Gasteiger partial charge on any atom is -0.457 e. The number of H-pyrrole nitrogens is 1. The number of benzene rings is 2. The van der Waals surface area contributed by atoms with Crippen LogP contribution in [0, 0.1) is 6.92 Å². The zero-order valence-electron chi connectivity index (χ0n) is 12.3. The summed E-state index contributed by atoms with van der Waals surface area (Å²) in [5.41, 5.74) is 1.73. The Morgan fingerprint density at radius 1 is 1.04 bits per heavy atom. The summed E-state index contributed by atoms with van der Waals surface area (Å²) in [6.45, 7) is 1.91. The number of nitrogens with one attached hydrogen (secondary N) is 1. The lowest BCUT2D eigenvalue weighted by molar-refractivity contribution is 0.103. The molecular formula is C18H13Cl2NO2. The third-order valence-corrected chi connectivity index (χ3v) is 4.01. The molecule has 1 N–H and O–H groups in total. The van der Waals surface area contributed by atoms with Gasteiger partial charge in [-0.1, -0.05) is 53.0 Å². The minimum absolute atomic E-state index is 0.228. The molecule has 3 aromatic rings. The second-order valence-electron chi connectivity index (χ2n) is 5.09. The standard InChI is InChI=1S/C18H13Cl2NO2/c1-11-7-8-16(23-12-5-3-2-4-6-12)13(9-11)17(22)15-10-14(19)18(20)21-15/h2-10,21H,1H3. The van der Waals surface area contributed by atoms with Crippen LogP contribution in [0.5, 0.6) is 11.5 Å². The van der Waals surface area contributed by atoms with Crippen LogP contribution in [0.25, 0.3) is 0 Å². The lowest BCUT2D eigenvalue weighted by atomic mass is 10.0. The Labute approximate surface area is 143 Å². The molecule has 0 aliphatic rings. The number of aromatic nitrogens is 1. The van der Waals surface area contributed by atoms with E-state index < -0.39 is 0 Å². The van der Waals surface area contributed by atoms with E-state index in [1.165, 1.54) is 6.07 Å². The van der Waals surface area contributed by atoms with Gasteiger partial charge in [0.25, 0.3) is 0 Å². The number of carbonyl (C=O) groups is 1. The number of rotatable bonds is 4. The van der Waals surface area contributed by atoms with Gasteiger partial charge in [-0.15, -0.1) is 0 Å². The van der Waals surface area contributed by atoms with Crippen molar-refractivity contribution in [2.75, 3.05) is 0 Å². The fraction of sp³-hybridized carbons (Fsp3) is 0.0556. The van der Waals surface area contributed by atoms with Crippen molar-refractivity contribution in [3.63, 3.8) is 0 Å². The summed E-state index contributed by atoms with van der Waals surface area (Å²) < 4.78 is 5.84. The number of ether oxygens (including phenoxy) is 1. The quantitative estimate of drug-likeness (QED) is 0.620. The molecule has 0 radical (unpaired) electrons. The van der Waals surface area contributed by atoms with E-state index in [2.05, 4.69) is 4.98 Å². The molecule has 0 aliphatic heterocycles. The lowest BCUT2D eigenvalue weighted by Gasteiger charge is -2.11. The van der Waals surface area contributed by atoms with Crippen LogP contribution in [0.2, 0.25) is 10.2 Å². The van der Waals surface area contributed by atoms with Crippen LogP contribution < -0.4 is 4.74 Å². The number of ketones is 1. The Morgan fingerprint density at radius 2 is 1.78 bits per heavy atom. The Kier molecular flexibility index (Phi) is 4.42. The Bertz CT molecular complexity index is 837. The number of aromatic amines is 1. The first-order valence-electron chi connectivity index (χ1n) is 6.97. The largest absolute Gasteiger partial charge is 0.457 e. The molecule has 2 aromatic carbocycles. The first-order valence-corrected chi connectivity index (χ1v) is 7.72. The van der Waals surface area contributed by atoms with Crippen molar-refractivity contribution in [2.24, 2.45) is 0 Å². The highest BCUT2D eigenvalue weighted by Crippen LogP contribution is 2.30. The lowest BCUT2D eigenvalue weighted by Crippen LogP contribution is -2.04. The van der Waals surface area contributed by atoms with Gasteiger partial charge in [0.15, 0.2) is 0 Å². The first-order chi connectivity index (χ1) is 11.0. The molecular weight excluding hydrogens is 333 g/mol. The summed E-state index contributed by atoms with van der Waals surface area (Å²) in [5.74, 6) is 0.912. The van der Waals surface area contributed by atoms with E-state index in [1.54, 1.807) is 12.1 Å². The van der Waals surface area contributed by atoms with Gasteiger partial charge >= 0.3 is 0 Å². The van der Waals surface area contributed by atoms with E-state index in [-0.39, 0.29) is 10.9 Å². The molecule has 0 saturated carbocycles. The smallest absolute Gasteiger partial charge is 0.213 e. The van der Waals surface area contributed by atoms with Gasteiger partial charge in [-0.2, -0.15) is 0 Å². The molecule has 0 spiro atoms. The van der Waals surface area contributed by atoms with E-state index in [4.69, 9.17) is 27.9 Å². The first kappa shape index (κ1) is 15.7. The molecule has 3 nitrogen and oxygen atoms in total. The SMILES string of the molecule is Cc1ccc(Oc2ccccc2)c(C(=O)c2cc(Cl)c(Cl)[nH]2)c1. The predicted octanol–water partition coefficient (Wildman–Crippen LogP) is 5.65. The van der Waals surface area contributed by atoms with Gasteiger partial charge in [0.1, 0.15) is 16.7 Å². The molecule has 1 aromatic heterocycles. The van der Waals surface area contributed by atoms with Crippen molar-refractivity contribution in [1.29, 1.82) is 0 Å². The fourth-order valence-electron chi connectivity index (χ4n) is 2.20. The van der Waals surface area contributed by atoms with E-state index in [0.717, 1.165) is 5.56 Å². The molecule has 23 heavy (non-hydrogen) atoms. The molecule has 0 fully saturated rings. The number of carbonyl (C=O) groups excluding carboxylic acids is 1. The van der Waals surface area contributed by atoms with Crippen LogP contribution >= 0.6 is 23.2 Å². The summed E-state index contributed by atoms with van der Waals surface area (Å²) in [4.78, 5) is 15.5. The second kappa shape index (κ2) is 6.49. The zero-order chi connectivity index (χ0) is 16.4. The van der Waals surface area contributed by atoms with Gasteiger partial charge in [0, 0.05) is 0 Å². The van der Waals surface area contributed by atoms with Crippen LogP contribution in [0.15, 0.2) is 54.6 Å². The molecule has 5 heteroatoms. The van der Waals surface area contributed by atoms with Crippen LogP contribution in [-0.2, 0) is 0 Å². The van der Waals surface area contributed by atoms with E-state index >= 15 is 0 Å². The van der Waals surface area contributed by atoms with Gasteiger partial charge in [0.05, 0.1) is 16.3 Å². The van der Waals surface area contributed by atoms with E-state index in [0.29, 0.717) is 27.8 Å². The molecule has 3 rings (SSSR count). The molecule has 116 valence electrons. The Morgan fingerprint density at radius 3 is 2.43 bits per heavy atom. The molecule has 0 saturated heterocycles. The zero-order valence-corrected chi connectivity index (χ0v) is 13.8. The van der Waals surface area contributed by atoms with Crippen molar-refractivity contribution in [3.05, 3.63) is 81.6 Å². The second-order valence-corrected chi connectivity index (χ2v) is 5.87. The van der Waals surface area contributed by atoms with Crippen LogP contribution in [0.3, 0.4) is 0 Å². The normalized spacial score (nSPS) is 10.6. The molecule has 1 heterocycles. The Hall–Kier alpha value is -2.23. The van der Waals surface area contributed by atoms with Crippen LogP contribution in [-0.4, -0.2) is 10.8 Å². The van der Waals surface area contributed by atoms with E-state index in [1.807, 2.05) is 43.3 Å². The summed E-state index contributed by atoms with van der Waals surface area (Å²) in [6.07, 6.45) is 0. The molecule has 0 aliphatic carbocycles. The predicted molar refractivity (Wildman–Crippen MR) is 91.9 cm³/mol. The molecule has 0 unspecified atom stereocenters. The minimum atomic E-state index is -0.228. The van der Waals surface area contributed by atoms with Crippen molar-refractivity contribution in [3.8, 4) is 11.5 Å². The fourth-order valence-corrected chi connectivity index (χ4v) is 2.51. The number of aryl methyl sites for hydroxylation is 1. The third kappa shape index (κ3) is 3.41. The number of hydrogen-bond donors (Lipinski definition) is 1. The number of para-hydroxylation sites is 1. The van der Waals surface area contributed by atoms with Gasteiger partial charge < -0.3 is 9.72 Å². The van der Waals surface area contributed by atoms with Crippen molar-refractivity contribution < 1.29 is 9.53 Å². The monoisotopic (exact) mass is 345 g/mol. The van der Waals surface area contributed by atoms with Crippen LogP contribution in [0.1, 0.15) is 21.6 Å². The molecule has 0 atom stereocenters. The highest BCUT2D eigenvalue weighted by molar-refractivity contribution is 6.41. The summed E-state index contributed by atoms with van der Waals surface area (Å²) in [5, 5.41) is 0.557. The average Bonchev–Trinajstić information content (AvgIpc) is 2.89. The Balaban J connectivity index is 2.00. The highest BCUT2D eigenvalue weighted by Gasteiger charge is 2.18. The maximum atomic E-state index is 12.7. The maximum Gasteiger partial charge on any atom is 0.213 e. The topological polar surface area (TPSA) is 42.1 Å². The average molecular weight is 346 g/mol. The van der Waals surface area contributed by atoms with Gasteiger partial charge in [0.2, 0.25) is 5.78 Å². The van der Waals surface area contributed by atoms with Gasteiger partial charge in [-0.05, 0) is 37.3 Å². The van der Waals surface area contributed by atoms with Crippen molar-refractivity contribution in [2.45, 2.75) is 6.92 Å². The van der Waals surface area contributed by atoms with Crippen LogP contribution in [0.4, 0.5) is 0 Å². The number of hydrogen-bond acceptors (Lipinski definition) is 2. The van der Waals surface area contributed by atoms with E-state index in [9.17, 15) is 4.79 Å². The third-order valence-electron chi connectivity index (χ3n) is 3.32. The number of halogens is 2. The van der Waals surface area contributed by atoms with Gasteiger partial charge in [-0.3, -0.25) is 4.79 Å². The summed E-state index contributed by atoms with van der Waals surface area (Å²) in [6, 6.07) is 16.3. The van der Waals surface area contributed by atoms with Crippen molar-refractivity contribution in [1.82, 2.24) is 4.98 Å². The molecule has 0 amide bonds. The molecule has 0 bridgehead atoms. The van der Waals surface area contributed by atoms with Gasteiger partial charge in [-0.25, -0.2) is 0 Å².